The number of esters is 1. The first-order chi connectivity index (χ1) is 21.0. The molecule has 1 aromatic heterocycles. The quantitative estimate of drug-likeness (QED) is 0.163. The fourth-order valence-electron chi connectivity index (χ4n) is 5.34. The molecule has 2 aromatic carbocycles. The smallest absolute Gasteiger partial charge is 0.341 e. The third kappa shape index (κ3) is 7.77. The molecule has 0 saturated heterocycles. The summed E-state index contributed by atoms with van der Waals surface area (Å²) in [5.41, 5.74) is 2.72. The highest BCUT2D eigenvalue weighted by atomic mass is 32.2. The largest absolute Gasteiger partial charge is 0.493 e. The van der Waals surface area contributed by atoms with Gasteiger partial charge < -0.3 is 24.8 Å². The number of ether oxygens (including phenoxy) is 3. The van der Waals surface area contributed by atoms with Crippen LogP contribution < -0.4 is 20.1 Å². The van der Waals surface area contributed by atoms with Crippen LogP contribution in [0.15, 0.2) is 47.4 Å². The van der Waals surface area contributed by atoms with Crippen molar-refractivity contribution in [1.29, 1.82) is 0 Å². The van der Waals surface area contributed by atoms with Gasteiger partial charge in [-0.1, -0.05) is 33.8 Å². The van der Waals surface area contributed by atoms with E-state index in [2.05, 4.69) is 31.4 Å². The maximum absolute atomic E-state index is 13.6. The number of hydrogen-bond acceptors (Lipinski definition) is 8. The molecule has 8 nitrogen and oxygen atoms in total. The van der Waals surface area contributed by atoms with Gasteiger partial charge in [-0.2, -0.15) is 0 Å². The number of amides is 2. The Labute approximate surface area is 268 Å². The Morgan fingerprint density at radius 2 is 1.77 bits per heavy atom. The molecule has 2 atom stereocenters. The molecule has 4 rings (SSSR count). The van der Waals surface area contributed by atoms with Crippen molar-refractivity contribution in [2.45, 2.75) is 70.4 Å². The molecule has 0 aliphatic heterocycles. The minimum Gasteiger partial charge on any atom is -0.493 e. The van der Waals surface area contributed by atoms with Gasteiger partial charge in [-0.25, -0.2) is 4.79 Å². The minimum absolute atomic E-state index is 0.161. The first-order valence-electron chi connectivity index (χ1n) is 14.9. The van der Waals surface area contributed by atoms with Gasteiger partial charge in [0.25, 0.3) is 5.91 Å². The van der Waals surface area contributed by atoms with E-state index < -0.39 is 5.25 Å². The average Bonchev–Trinajstić information content (AvgIpc) is 3.36. The molecule has 2 unspecified atom stereocenters. The number of fused-ring (bicyclic) bond motifs is 1. The molecule has 1 aliphatic rings. The predicted molar refractivity (Wildman–Crippen MR) is 178 cm³/mol. The van der Waals surface area contributed by atoms with Gasteiger partial charge in [0.15, 0.2) is 11.5 Å². The van der Waals surface area contributed by atoms with Crippen molar-refractivity contribution in [2.75, 3.05) is 31.5 Å². The van der Waals surface area contributed by atoms with Crippen LogP contribution in [0.3, 0.4) is 0 Å². The molecule has 0 bridgehead atoms. The number of nitrogens with one attached hydrogen (secondary N) is 2. The Morgan fingerprint density at radius 3 is 2.43 bits per heavy atom. The molecule has 0 radical (unpaired) electrons. The summed E-state index contributed by atoms with van der Waals surface area (Å²) in [6, 6.07) is 12.4. The highest BCUT2D eigenvalue weighted by molar-refractivity contribution is 8.00. The Morgan fingerprint density at radius 1 is 1.02 bits per heavy atom. The molecule has 44 heavy (non-hydrogen) atoms. The summed E-state index contributed by atoms with van der Waals surface area (Å²) >= 11 is 2.92. The predicted octanol–water partition coefficient (Wildman–Crippen LogP) is 7.85. The Hall–Kier alpha value is -3.50. The van der Waals surface area contributed by atoms with Crippen molar-refractivity contribution in [1.82, 2.24) is 0 Å². The van der Waals surface area contributed by atoms with Crippen LogP contribution in [0.5, 0.6) is 11.5 Å². The van der Waals surface area contributed by atoms with Crippen LogP contribution >= 0.6 is 23.1 Å². The lowest BCUT2D eigenvalue weighted by atomic mass is 9.72. The summed E-state index contributed by atoms with van der Waals surface area (Å²) < 4.78 is 16.0. The number of benzene rings is 2. The maximum Gasteiger partial charge on any atom is 0.341 e. The summed E-state index contributed by atoms with van der Waals surface area (Å²) in [7, 11) is 3.06. The fourth-order valence-corrected chi connectivity index (χ4v) is 7.67. The number of anilines is 2. The van der Waals surface area contributed by atoms with Crippen molar-refractivity contribution in [2.24, 2.45) is 11.3 Å². The zero-order valence-corrected chi connectivity index (χ0v) is 28.1. The second-order valence-electron chi connectivity index (χ2n) is 11.8. The lowest BCUT2D eigenvalue weighted by molar-refractivity contribution is -0.115. The molecule has 1 heterocycles. The lowest BCUT2D eigenvalue weighted by Gasteiger charge is -2.33. The van der Waals surface area contributed by atoms with Crippen molar-refractivity contribution >= 4 is 51.6 Å². The molecule has 2 amide bonds. The summed E-state index contributed by atoms with van der Waals surface area (Å²) in [5, 5.41) is 6.17. The fraction of sp³-hybridized carbons (Fsp3) is 0.441. The molecular formula is C34H42N2O6S2. The van der Waals surface area contributed by atoms with E-state index in [-0.39, 0.29) is 29.8 Å². The van der Waals surface area contributed by atoms with Gasteiger partial charge in [0.05, 0.1) is 31.6 Å². The number of thiophene rings is 1. The number of thioether (sulfide) groups is 1. The molecule has 0 spiro atoms. The zero-order valence-electron chi connectivity index (χ0n) is 26.5. The summed E-state index contributed by atoms with van der Waals surface area (Å²) in [5.74, 6) is 0.665. The Kier molecular flexibility index (Phi) is 11.0. The van der Waals surface area contributed by atoms with Gasteiger partial charge in [-0.15, -0.1) is 23.1 Å². The third-order valence-corrected chi connectivity index (χ3v) is 10.4. The SMILES string of the molecule is CCOC(=O)c1c(NC(=O)C(CC)Sc2cccc(NC(=O)c3ccc(OC)c(OC)c3)c2)sc2c1CCC(C(C)(C)C)C2. The van der Waals surface area contributed by atoms with Crippen molar-refractivity contribution < 1.29 is 28.6 Å². The second-order valence-corrected chi connectivity index (χ2v) is 14.2. The van der Waals surface area contributed by atoms with Gasteiger partial charge in [-0.05, 0) is 85.9 Å². The van der Waals surface area contributed by atoms with Crippen molar-refractivity contribution in [3.8, 4) is 11.5 Å². The number of hydrogen-bond donors (Lipinski definition) is 2. The summed E-state index contributed by atoms with van der Waals surface area (Å²) in [6.45, 7) is 10.8. The topological polar surface area (TPSA) is 103 Å². The van der Waals surface area contributed by atoms with Crippen LogP contribution in [-0.4, -0.2) is 43.9 Å². The Bertz CT molecular complexity index is 1510. The summed E-state index contributed by atoms with van der Waals surface area (Å²) in [6.07, 6.45) is 3.26. The monoisotopic (exact) mass is 638 g/mol. The molecule has 1 aliphatic carbocycles. The third-order valence-electron chi connectivity index (χ3n) is 7.89. The van der Waals surface area contributed by atoms with Crippen LogP contribution in [-0.2, 0) is 22.4 Å². The first kappa shape index (κ1) is 33.4. The molecule has 0 fully saturated rings. The average molecular weight is 639 g/mol. The van der Waals surface area contributed by atoms with E-state index in [1.165, 1.54) is 30.2 Å². The standard InChI is InChI=1S/C34H42N2O6S2/c1-8-27(43-23-12-10-11-22(19-23)35-30(37)20-13-16-25(40-6)26(17-20)41-7)31(38)36-32-29(33(39)42-9-2)24-15-14-21(34(3,4)5)18-28(24)44-32/h10-13,16-17,19,21,27H,8-9,14-15,18H2,1-7H3,(H,35,37)(H,36,38). The van der Waals surface area contributed by atoms with Crippen LogP contribution in [0, 0.1) is 11.3 Å². The zero-order chi connectivity index (χ0) is 32.0. The Balaban J connectivity index is 1.49. The van der Waals surface area contributed by atoms with Crippen LogP contribution in [0.2, 0.25) is 0 Å². The second kappa shape index (κ2) is 14.5. The minimum atomic E-state index is -0.414. The van der Waals surface area contributed by atoms with E-state index in [0.717, 1.165) is 34.6 Å². The van der Waals surface area contributed by atoms with Gasteiger partial charge in [0.2, 0.25) is 5.91 Å². The van der Waals surface area contributed by atoms with Gasteiger partial charge in [0, 0.05) is 21.0 Å². The first-order valence-corrected chi connectivity index (χ1v) is 16.6. The van der Waals surface area contributed by atoms with E-state index in [0.29, 0.717) is 45.7 Å². The van der Waals surface area contributed by atoms with Gasteiger partial charge >= 0.3 is 5.97 Å². The molecule has 3 aromatic rings. The highest BCUT2D eigenvalue weighted by Crippen LogP contribution is 2.45. The van der Waals surface area contributed by atoms with E-state index >= 15 is 0 Å². The van der Waals surface area contributed by atoms with Gasteiger partial charge in [0.1, 0.15) is 5.00 Å². The molecular weight excluding hydrogens is 597 g/mol. The normalized spacial score (nSPS) is 15.1. The lowest BCUT2D eigenvalue weighted by Crippen LogP contribution is -2.27. The van der Waals surface area contributed by atoms with Crippen molar-refractivity contribution in [3.63, 3.8) is 0 Å². The van der Waals surface area contributed by atoms with E-state index in [1.54, 1.807) is 38.3 Å². The molecule has 236 valence electrons. The van der Waals surface area contributed by atoms with Crippen molar-refractivity contribution in [3.05, 3.63) is 64.0 Å². The molecule has 0 saturated carbocycles. The van der Waals surface area contributed by atoms with Crippen LogP contribution in [0.1, 0.15) is 78.6 Å². The number of rotatable bonds is 11. The van der Waals surface area contributed by atoms with Crippen LogP contribution in [0.25, 0.3) is 0 Å². The number of methoxy groups -OCH3 is 2. The van der Waals surface area contributed by atoms with Gasteiger partial charge in [-0.3, -0.25) is 9.59 Å². The van der Waals surface area contributed by atoms with Crippen LogP contribution in [0.4, 0.5) is 10.7 Å². The van der Waals surface area contributed by atoms with E-state index in [1.807, 2.05) is 25.1 Å². The molecule has 2 N–H and O–H groups in total. The summed E-state index contributed by atoms with van der Waals surface area (Å²) in [4.78, 5) is 41.6. The van der Waals surface area contributed by atoms with E-state index in [9.17, 15) is 14.4 Å². The highest BCUT2D eigenvalue weighted by Gasteiger charge is 2.35. The van der Waals surface area contributed by atoms with E-state index in [4.69, 9.17) is 14.2 Å². The number of carbonyl (C=O) groups excluding carboxylic acids is 3. The number of carbonyl (C=O) groups is 3. The maximum atomic E-state index is 13.6. The molecule has 10 heteroatoms.